The number of anilines is 2. The van der Waals surface area contributed by atoms with E-state index in [1.165, 1.54) is 23.8 Å². The van der Waals surface area contributed by atoms with E-state index < -0.39 is 17.7 Å². The van der Waals surface area contributed by atoms with Crippen molar-refractivity contribution < 1.29 is 23.0 Å². The Morgan fingerprint density at radius 1 is 1.11 bits per heavy atom. The van der Waals surface area contributed by atoms with Gasteiger partial charge < -0.3 is 25.4 Å². The van der Waals surface area contributed by atoms with Crippen LogP contribution in [0.25, 0.3) is 16.8 Å². The molecule has 4 atom stereocenters. The summed E-state index contributed by atoms with van der Waals surface area (Å²) < 4.78 is 42.6. The van der Waals surface area contributed by atoms with E-state index in [1.807, 2.05) is 6.07 Å². The van der Waals surface area contributed by atoms with Crippen molar-refractivity contribution >= 4 is 23.2 Å². The second-order valence-electron chi connectivity index (χ2n) is 11.9. The van der Waals surface area contributed by atoms with Crippen molar-refractivity contribution in [2.75, 3.05) is 32.7 Å². The number of hydrogen-bond acceptors (Lipinski definition) is 8. The number of nitrogens with one attached hydrogen (secondary N) is 1. The Morgan fingerprint density at radius 2 is 1.86 bits per heavy atom. The van der Waals surface area contributed by atoms with Crippen LogP contribution >= 0.6 is 0 Å². The highest BCUT2D eigenvalue weighted by Gasteiger charge is 2.39. The first-order valence-corrected chi connectivity index (χ1v) is 14.9. The van der Waals surface area contributed by atoms with Gasteiger partial charge in [-0.1, -0.05) is 6.92 Å². The zero-order valence-electron chi connectivity index (χ0n) is 25.0. The fraction of sp³-hybridized carbons (Fsp3) is 0.438. The summed E-state index contributed by atoms with van der Waals surface area (Å²) in [5.74, 6) is -0.639. The SMILES string of the molecule is COC(=O)N(C)[C@@H]1[C@H](N)C[C@H](c2ccncc2Nc2ncc3ccc(-c4c(F)cc(C5CCOCC5)cc4F)nn23)C[C@@H]1C. The number of halogens is 2. The maximum absolute atomic E-state index is 15.4. The molecule has 10 nitrogen and oxygen atoms in total. The number of benzene rings is 1. The Balaban J connectivity index is 1.27. The van der Waals surface area contributed by atoms with Gasteiger partial charge in [-0.3, -0.25) is 4.98 Å². The number of nitrogens with two attached hydrogens (primary N) is 1. The Bertz CT molecular complexity index is 1620. The highest BCUT2D eigenvalue weighted by Crippen LogP contribution is 2.41. The number of hydrogen-bond donors (Lipinski definition) is 2. The van der Waals surface area contributed by atoms with Crippen molar-refractivity contribution in [1.29, 1.82) is 0 Å². The van der Waals surface area contributed by atoms with Crippen molar-refractivity contribution in [2.24, 2.45) is 11.7 Å². The first-order chi connectivity index (χ1) is 21.2. The van der Waals surface area contributed by atoms with Crippen LogP contribution in [0.15, 0.2) is 48.9 Å². The third-order valence-electron chi connectivity index (χ3n) is 9.08. The number of fused-ring (bicyclic) bond motifs is 1. The molecule has 1 aromatic carbocycles. The van der Waals surface area contributed by atoms with Gasteiger partial charge in [0.05, 0.1) is 48.0 Å². The number of carbonyl (C=O) groups is 1. The summed E-state index contributed by atoms with van der Waals surface area (Å²) in [7, 11) is 3.08. The Kier molecular flexibility index (Phi) is 8.46. The predicted octanol–water partition coefficient (Wildman–Crippen LogP) is 5.61. The maximum atomic E-state index is 15.4. The number of imidazole rings is 1. The number of methoxy groups -OCH3 is 1. The van der Waals surface area contributed by atoms with Gasteiger partial charge in [0.2, 0.25) is 5.95 Å². The minimum atomic E-state index is -0.651. The van der Waals surface area contributed by atoms with Crippen molar-refractivity contribution in [2.45, 2.75) is 56.5 Å². The van der Waals surface area contributed by atoms with Crippen molar-refractivity contribution in [1.82, 2.24) is 24.5 Å². The molecule has 44 heavy (non-hydrogen) atoms. The van der Waals surface area contributed by atoms with Crippen LogP contribution in [0.3, 0.4) is 0 Å². The Hall–Kier alpha value is -4.16. The average Bonchev–Trinajstić information content (AvgIpc) is 3.42. The molecule has 1 aliphatic carbocycles. The van der Waals surface area contributed by atoms with Gasteiger partial charge in [-0.05, 0) is 84.9 Å². The number of nitrogens with zero attached hydrogens (tertiary/aromatic N) is 5. The molecular weight excluding hydrogens is 568 g/mol. The second-order valence-corrected chi connectivity index (χ2v) is 11.9. The topological polar surface area (TPSA) is 120 Å². The Labute approximate surface area is 254 Å². The number of ether oxygens (including phenoxy) is 2. The van der Waals surface area contributed by atoms with Gasteiger partial charge in [0.15, 0.2) is 0 Å². The molecule has 4 aromatic rings. The fourth-order valence-corrected chi connectivity index (χ4v) is 6.95. The lowest BCUT2D eigenvalue weighted by atomic mass is 9.73. The number of aromatic nitrogens is 4. The zero-order chi connectivity index (χ0) is 31.0. The quantitative estimate of drug-likeness (QED) is 0.291. The van der Waals surface area contributed by atoms with Crippen LogP contribution in [0.2, 0.25) is 0 Å². The smallest absolute Gasteiger partial charge is 0.409 e. The van der Waals surface area contributed by atoms with E-state index in [2.05, 4.69) is 27.3 Å². The van der Waals surface area contributed by atoms with Crippen molar-refractivity contribution in [3.8, 4) is 11.3 Å². The summed E-state index contributed by atoms with van der Waals surface area (Å²) >= 11 is 0. The summed E-state index contributed by atoms with van der Waals surface area (Å²) in [6, 6.07) is 7.71. The molecule has 3 N–H and O–H groups in total. The van der Waals surface area contributed by atoms with Crippen LogP contribution in [0.1, 0.15) is 55.6 Å². The molecule has 6 rings (SSSR count). The van der Waals surface area contributed by atoms with E-state index in [-0.39, 0.29) is 41.1 Å². The summed E-state index contributed by atoms with van der Waals surface area (Å²) in [5.41, 5.74) is 9.64. The number of carbonyl (C=O) groups excluding carboxylic acids is 1. The lowest BCUT2D eigenvalue weighted by Crippen LogP contribution is -2.55. The van der Waals surface area contributed by atoms with E-state index in [4.69, 9.17) is 15.2 Å². The van der Waals surface area contributed by atoms with Gasteiger partial charge in [0, 0.05) is 32.5 Å². The fourth-order valence-electron chi connectivity index (χ4n) is 6.95. The van der Waals surface area contributed by atoms with Gasteiger partial charge in [-0.25, -0.2) is 18.6 Å². The number of likely N-dealkylation sites (N-methyl/N-ethyl adjacent to an activating group) is 1. The van der Waals surface area contributed by atoms with Gasteiger partial charge in [-0.2, -0.15) is 9.61 Å². The molecule has 1 saturated carbocycles. The third-order valence-corrected chi connectivity index (χ3v) is 9.08. The highest BCUT2D eigenvalue weighted by molar-refractivity contribution is 5.68. The molecule has 232 valence electrons. The molecule has 1 amide bonds. The molecule has 3 aromatic heterocycles. The van der Waals surface area contributed by atoms with Gasteiger partial charge in [-0.15, -0.1) is 0 Å². The summed E-state index contributed by atoms with van der Waals surface area (Å²) in [6.45, 7) is 3.26. The molecule has 1 saturated heterocycles. The summed E-state index contributed by atoms with van der Waals surface area (Å²) in [5, 5.41) is 7.93. The molecule has 2 fully saturated rings. The van der Waals surface area contributed by atoms with Crippen LogP contribution < -0.4 is 11.1 Å². The lowest BCUT2D eigenvalue weighted by Gasteiger charge is -2.43. The van der Waals surface area contributed by atoms with Crippen LogP contribution in [-0.4, -0.2) is 70.0 Å². The third kappa shape index (κ3) is 5.71. The normalized spacial score (nSPS) is 22.6. The van der Waals surface area contributed by atoms with Crippen LogP contribution in [-0.2, 0) is 9.47 Å². The monoisotopic (exact) mass is 605 g/mol. The number of pyridine rings is 1. The molecule has 0 unspecified atom stereocenters. The Morgan fingerprint density at radius 3 is 2.57 bits per heavy atom. The van der Waals surface area contributed by atoms with Crippen molar-refractivity contribution in [3.63, 3.8) is 0 Å². The van der Waals surface area contributed by atoms with Crippen molar-refractivity contribution in [3.05, 3.63) is 71.7 Å². The molecule has 4 heterocycles. The molecule has 0 bridgehead atoms. The molecule has 0 radical (unpaired) electrons. The van der Waals surface area contributed by atoms with E-state index in [0.29, 0.717) is 36.7 Å². The predicted molar refractivity (Wildman–Crippen MR) is 162 cm³/mol. The maximum Gasteiger partial charge on any atom is 0.409 e. The van der Waals surface area contributed by atoms with E-state index in [0.717, 1.165) is 30.5 Å². The largest absolute Gasteiger partial charge is 0.453 e. The van der Waals surface area contributed by atoms with Gasteiger partial charge in [0.1, 0.15) is 11.6 Å². The van der Waals surface area contributed by atoms with E-state index in [1.54, 1.807) is 42.7 Å². The van der Waals surface area contributed by atoms with E-state index >= 15 is 8.78 Å². The minimum absolute atomic E-state index is 0.0664. The summed E-state index contributed by atoms with van der Waals surface area (Å²) in [4.78, 5) is 22.6. The first kappa shape index (κ1) is 29.9. The van der Waals surface area contributed by atoms with Gasteiger partial charge in [0.25, 0.3) is 0 Å². The molecular formula is C32H37F2N7O3. The number of amides is 1. The molecule has 2 aliphatic rings. The second kappa shape index (κ2) is 12.4. The van der Waals surface area contributed by atoms with Gasteiger partial charge >= 0.3 is 6.09 Å². The number of rotatable bonds is 6. The molecule has 1 aliphatic heterocycles. The highest BCUT2D eigenvalue weighted by atomic mass is 19.1. The standard InChI is InChI=1S/C32H37F2N7O3/c1-18-12-21(15-26(35)30(18)40(2)32(42)43-3)23-6-9-36-17-28(23)38-31-37-16-22-4-5-27(39-41(22)31)29-24(33)13-20(14-25(29)34)19-7-10-44-11-8-19/h4-6,9,13-14,16-19,21,26,30H,7-8,10-12,15,35H2,1-3H3,(H,37,38)/t18-,21+,26+,30-/m0/s1. The van der Waals surface area contributed by atoms with Crippen LogP contribution in [0.5, 0.6) is 0 Å². The lowest BCUT2D eigenvalue weighted by molar-refractivity contribution is 0.0778. The summed E-state index contributed by atoms with van der Waals surface area (Å²) in [6.07, 6.45) is 7.61. The first-order valence-electron chi connectivity index (χ1n) is 14.9. The average molecular weight is 606 g/mol. The molecule has 0 spiro atoms. The zero-order valence-corrected chi connectivity index (χ0v) is 25.0. The molecule has 12 heteroatoms. The van der Waals surface area contributed by atoms with E-state index in [9.17, 15) is 4.79 Å². The minimum Gasteiger partial charge on any atom is -0.453 e. The van der Waals surface area contributed by atoms with Crippen LogP contribution in [0, 0.1) is 17.6 Å². The van der Waals surface area contributed by atoms with Crippen LogP contribution in [0.4, 0.5) is 25.2 Å².